The van der Waals surface area contributed by atoms with E-state index in [9.17, 15) is 22.4 Å². The van der Waals surface area contributed by atoms with E-state index in [1.165, 1.54) is 12.1 Å². The molecule has 1 aromatic heterocycles. The number of halogens is 4. The Morgan fingerprint density at radius 2 is 1.81 bits per heavy atom. The molecule has 0 aliphatic carbocycles. The maximum Gasteiger partial charge on any atom is 0.490 e. The van der Waals surface area contributed by atoms with Crippen LogP contribution in [0.5, 0.6) is 0 Å². The van der Waals surface area contributed by atoms with Crippen molar-refractivity contribution in [2.24, 2.45) is 7.05 Å². The van der Waals surface area contributed by atoms with Gasteiger partial charge in [0.05, 0.1) is 23.6 Å². The van der Waals surface area contributed by atoms with Crippen LogP contribution in [-0.4, -0.2) is 62.1 Å². The zero-order valence-electron chi connectivity index (χ0n) is 16.8. The van der Waals surface area contributed by atoms with Crippen molar-refractivity contribution in [3.8, 4) is 0 Å². The monoisotopic (exact) mass is 442 g/mol. The van der Waals surface area contributed by atoms with Crippen LogP contribution in [0.2, 0.25) is 0 Å². The Morgan fingerprint density at radius 3 is 2.32 bits per heavy atom. The minimum absolute atomic E-state index is 0.165. The topological polar surface area (TPSA) is 78.7 Å². The Hall–Kier alpha value is -2.95. The van der Waals surface area contributed by atoms with Crippen molar-refractivity contribution in [3.05, 3.63) is 53.4 Å². The second kappa shape index (κ2) is 9.04. The number of aryl methyl sites for hydroxylation is 1. The molecule has 0 saturated carbocycles. The molecule has 3 heterocycles. The number of nitrogens with zero attached hydrogens (tertiary/aromatic N) is 4. The number of aliphatic carboxylic acids is 1. The summed E-state index contributed by atoms with van der Waals surface area (Å²) in [5.74, 6) is -2.94. The van der Waals surface area contributed by atoms with E-state index < -0.39 is 12.1 Å². The zero-order chi connectivity index (χ0) is 22.8. The van der Waals surface area contributed by atoms with Gasteiger partial charge in [0.2, 0.25) is 5.91 Å². The Kier molecular flexibility index (Phi) is 6.63. The maximum atomic E-state index is 13.1. The molecular formula is C20H22F4N4O3. The fourth-order valence-corrected chi connectivity index (χ4v) is 3.60. The van der Waals surface area contributed by atoms with Crippen molar-refractivity contribution in [2.45, 2.75) is 31.6 Å². The summed E-state index contributed by atoms with van der Waals surface area (Å²) < 4.78 is 46.8. The fourth-order valence-electron chi connectivity index (χ4n) is 3.60. The second-order valence-electron chi connectivity index (χ2n) is 7.52. The summed E-state index contributed by atoms with van der Waals surface area (Å²) in [5.41, 5.74) is 3.07. The molecule has 4 rings (SSSR count). The molecule has 1 N–H and O–H groups in total. The van der Waals surface area contributed by atoms with E-state index in [2.05, 4.69) is 9.88 Å². The van der Waals surface area contributed by atoms with Gasteiger partial charge in [-0.2, -0.15) is 13.2 Å². The zero-order valence-corrected chi connectivity index (χ0v) is 16.8. The summed E-state index contributed by atoms with van der Waals surface area (Å²) in [6.07, 6.45) is -2.20. The van der Waals surface area contributed by atoms with E-state index >= 15 is 0 Å². The van der Waals surface area contributed by atoms with Gasteiger partial charge < -0.3 is 14.6 Å². The van der Waals surface area contributed by atoms with Gasteiger partial charge in [-0.25, -0.2) is 14.2 Å². The van der Waals surface area contributed by atoms with Gasteiger partial charge in [-0.1, -0.05) is 12.1 Å². The molecule has 168 valence electrons. The van der Waals surface area contributed by atoms with Crippen molar-refractivity contribution < 1.29 is 32.3 Å². The number of carbonyl (C=O) groups is 2. The van der Waals surface area contributed by atoms with Crippen molar-refractivity contribution in [1.82, 2.24) is 19.4 Å². The molecule has 0 bridgehead atoms. The third-order valence-corrected chi connectivity index (χ3v) is 5.23. The molecule has 1 amide bonds. The van der Waals surface area contributed by atoms with Crippen LogP contribution in [0.1, 0.15) is 29.3 Å². The highest BCUT2D eigenvalue weighted by Crippen LogP contribution is 2.31. The first-order valence-electron chi connectivity index (χ1n) is 9.62. The van der Waals surface area contributed by atoms with Gasteiger partial charge >= 0.3 is 12.1 Å². The summed E-state index contributed by atoms with van der Waals surface area (Å²) in [4.78, 5) is 30.4. The first-order chi connectivity index (χ1) is 14.6. The molecule has 1 fully saturated rings. The van der Waals surface area contributed by atoms with Crippen molar-refractivity contribution in [1.29, 1.82) is 0 Å². The van der Waals surface area contributed by atoms with Crippen LogP contribution in [0.4, 0.5) is 17.6 Å². The van der Waals surface area contributed by atoms with Gasteiger partial charge in [0.25, 0.3) is 0 Å². The quantitative estimate of drug-likeness (QED) is 0.740. The van der Waals surface area contributed by atoms with E-state index in [4.69, 9.17) is 9.90 Å². The standard InChI is InChI=1S/C18H21FN4O.C2HF3O2/c1-21-12-20-16-11-22(9-13-3-5-14(19)6-4-13)10-15(17(16)21)18(24)23-7-2-8-23;3-2(4,5)1(6)7/h3-6,12,15H,2,7-11H2,1H3;(H,6,7). The third-order valence-electron chi connectivity index (χ3n) is 5.23. The highest BCUT2D eigenvalue weighted by molar-refractivity contribution is 5.84. The number of rotatable bonds is 3. The molecule has 31 heavy (non-hydrogen) atoms. The molecule has 2 aliphatic rings. The van der Waals surface area contributed by atoms with E-state index in [0.717, 1.165) is 43.0 Å². The van der Waals surface area contributed by atoms with Crippen molar-refractivity contribution in [3.63, 3.8) is 0 Å². The Balaban J connectivity index is 0.000000339. The lowest BCUT2D eigenvalue weighted by Crippen LogP contribution is -2.48. The molecule has 2 aliphatic heterocycles. The molecule has 1 aromatic carbocycles. The highest BCUT2D eigenvalue weighted by Gasteiger charge is 2.38. The number of hydrogen-bond donors (Lipinski definition) is 1. The van der Waals surface area contributed by atoms with E-state index in [1.54, 1.807) is 18.5 Å². The lowest BCUT2D eigenvalue weighted by Gasteiger charge is -2.38. The van der Waals surface area contributed by atoms with Crippen LogP contribution < -0.4 is 0 Å². The van der Waals surface area contributed by atoms with Crippen LogP contribution in [-0.2, 0) is 29.7 Å². The molecule has 0 radical (unpaired) electrons. The normalized spacial score (nSPS) is 18.5. The van der Waals surface area contributed by atoms with Crippen LogP contribution in [0.25, 0.3) is 0 Å². The van der Waals surface area contributed by atoms with Crippen LogP contribution in [0.3, 0.4) is 0 Å². The number of carbonyl (C=O) groups excluding carboxylic acids is 1. The van der Waals surface area contributed by atoms with Crippen LogP contribution >= 0.6 is 0 Å². The predicted octanol–water partition coefficient (Wildman–Crippen LogP) is 2.52. The maximum absolute atomic E-state index is 13.1. The number of alkyl halides is 3. The van der Waals surface area contributed by atoms with Crippen molar-refractivity contribution >= 4 is 11.9 Å². The molecule has 7 nitrogen and oxygen atoms in total. The number of benzene rings is 1. The minimum Gasteiger partial charge on any atom is -0.475 e. The first-order valence-corrected chi connectivity index (χ1v) is 9.62. The minimum atomic E-state index is -5.08. The molecule has 1 atom stereocenters. The SMILES string of the molecule is Cn1cnc2c1C(C(=O)N1CCC1)CN(Cc1ccc(F)cc1)C2.O=C(O)C(F)(F)F. The fraction of sp³-hybridized carbons (Fsp3) is 0.450. The summed E-state index contributed by atoms with van der Waals surface area (Å²) >= 11 is 0. The Bertz CT molecular complexity index is 939. The second-order valence-corrected chi connectivity index (χ2v) is 7.52. The number of carboxylic acids is 1. The Labute approximate surface area is 175 Å². The highest BCUT2D eigenvalue weighted by atomic mass is 19.4. The van der Waals surface area contributed by atoms with E-state index in [-0.39, 0.29) is 17.6 Å². The number of hydrogen-bond acceptors (Lipinski definition) is 4. The van der Waals surface area contributed by atoms with E-state index in [0.29, 0.717) is 13.1 Å². The largest absolute Gasteiger partial charge is 0.490 e. The Morgan fingerprint density at radius 1 is 1.19 bits per heavy atom. The lowest BCUT2D eigenvalue weighted by molar-refractivity contribution is -0.192. The van der Waals surface area contributed by atoms with Crippen molar-refractivity contribution in [2.75, 3.05) is 19.6 Å². The number of carboxylic acid groups (broad SMARTS) is 1. The molecule has 2 aromatic rings. The number of imidazole rings is 1. The summed E-state index contributed by atoms with van der Waals surface area (Å²) in [6, 6.07) is 6.56. The lowest BCUT2D eigenvalue weighted by atomic mass is 9.95. The number of fused-ring (bicyclic) bond motifs is 1. The third kappa shape index (κ3) is 5.40. The average molecular weight is 442 g/mol. The molecular weight excluding hydrogens is 420 g/mol. The summed E-state index contributed by atoms with van der Waals surface area (Å²) in [5, 5.41) is 7.12. The average Bonchev–Trinajstić information content (AvgIpc) is 3.02. The van der Waals surface area contributed by atoms with Gasteiger partial charge in [0.15, 0.2) is 0 Å². The molecule has 11 heteroatoms. The van der Waals surface area contributed by atoms with Gasteiger partial charge in [-0.3, -0.25) is 9.69 Å². The number of aromatic nitrogens is 2. The smallest absolute Gasteiger partial charge is 0.475 e. The van der Waals surface area contributed by atoms with Gasteiger partial charge in [-0.15, -0.1) is 0 Å². The first kappa shape index (κ1) is 22.7. The predicted molar refractivity (Wildman–Crippen MR) is 101 cm³/mol. The molecule has 1 saturated heterocycles. The molecule has 0 spiro atoms. The van der Waals surface area contributed by atoms with Gasteiger partial charge in [0.1, 0.15) is 5.82 Å². The number of amides is 1. The summed E-state index contributed by atoms with van der Waals surface area (Å²) in [7, 11) is 1.96. The molecule has 1 unspecified atom stereocenters. The van der Waals surface area contributed by atoms with Crippen LogP contribution in [0, 0.1) is 5.82 Å². The van der Waals surface area contributed by atoms with Crippen LogP contribution in [0.15, 0.2) is 30.6 Å². The number of likely N-dealkylation sites (tertiary alicyclic amines) is 1. The van der Waals surface area contributed by atoms with Gasteiger partial charge in [0, 0.05) is 39.8 Å². The van der Waals surface area contributed by atoms with E-state index in [1.807, 2.05) is 16.5 Å². The van der Waals surface area contributed by atoms with Gasteiger partial charge in [-0.05, 0) is 24.1 Å². The summed E-state index contributed by atoms with van der Waals surface area (Å²) in [6.45, 7) is 3.82.